The fourth-order valence-electron chi connectivity index (χ4n) is 33.8. The molecule has 16 aliphatic heterocycles. The van der Waals surface area contributed by atoms with E-state index in [0.717, 1.165) is 77.0 Å². The maximum absolute atomic E-state index is 15.0. The van der Waals surface area contributed by atoms with Crippen molar-refractivity contribution in [1.29, 1.82) is 0 Å². The normalized spacial score (nSPS) is 53.4. The Morgan fingerprint density at radius 2 is 0.420 bits per heavy atom. The highest BCUT2D eigenvalue weighted by Crippen LogP contribution is 2.73. The van der Waals surface area contributed by atoms with Gasteiger partial charge in [0.2, 0.25) is 0 Å². The summed E-state index contributed by atoms with van der Waals surface area (Å²) in [4.78, 5) is 176. The van der Waals surface area contributed by atoms with Gasteiger partial charge in [-0.2, -0.15) is 0 Å². The van der Waals surface area contributed by atoms with Gasteiger partial charge in [-0.25, -0.2) is 0 Å². The lowest BCUT2D eigenvalue weighted by molar-refractivity contribution is -0.174. The smallest absolute Gasteiger partial charge is 0.306 e. The van der Waals surface area contributed by atoms with Crippen LogP contribution in [-0.2, 0) is 76.5 Å². The first-order chi connectivity index (χ1) is 53.0. The molecular formula is C96H136O16. The maximum Gasteiger partial charge on any atom is 0.306 e. The minimum Gasteiger partial charge on any atom is -0.462 e. The van der Waals surface area contributed by atoms with Gasteiger partial charge < -0.3 is 18.9 Å². The molecule has 16 nitrogen and oxygen atoms in total. The SMILES string of the molecule is C[C@@H]1CCC(=O)O[C@@H]2CC[C@@]3(C)[C@H](CC(=O)[C@@H]4[C@@H]3CC(=O)[C@]3(C)[C@H](CC[C@@H]43)[C@H](C)CCC(=O)O[C@@H]3CC[C@@]4(C)[C@H](CC(=O)[C@@H]5[C@@H]4CC(=O)[C@]4(C)[C@H](CC[C@@H]54)[C@H](C)CCC(=O)O[C@@H]4CC[C@@]5(C)[C@H](CC(=O)[C@@H]6[C@@H]5CC(=O)[C@]5(C)[C@H](CC[C@@H]65)[C@H](C)CCC(=O)O[C@@H]5CC[C@@]6(C)[C@H](CC(=O)[C@@H]7[C@@H]6CC(=O)[C@]6(C)[C@@H]1CC[C@@H]76)C5)C4)C3)C2. The van der Waals surface area contributed by atoms with E-state index in [4.69, 9.17) is 18.9 Å². The molecule has 112 heavy (non-hydrogen) atoms. The van der Waals surface area contributed by atoms with Gasteiger partial charge in [-0.05, 0) is 294 Å². The predicted molar refractivity (Wildman–Crippen MR) is 417 cm³/mol. The number of ketones is 8. The number of hydrogen-bond acceptors (Lipinski definition) is 16. The van der Waals surface area contributed by atoms with Crippen LogP contribution < -0.4 is 0 Å². The molecule has 16 aliphatic carbocycles. The molecule has 32 bridgehead atoms. The molecule has 32 rings (SSSR count). The molecule has 16 heteroatoms. The summed E-state index contributed by atoms with van der Waals surface area (Å²) < 4.78 is 25.5. The Hall–Kier alpha value is -4.76. The van der Waals surface area contributed by atoms with E-state index in [0.29, 0.717) is 128 Å². The summed E-state index contributed by atoms with van der Waals surface area (Å²) in [6, 6.07) is 0. The number of carbonyl (C=O) groups is 12. The Balaban J connectivity index is 0.567. The summed E-state index contributed by atoms with van der Waals surface area (Å²) in [7, 11) is 0. The first kappa shape index (κ1) is 79.7. The second-order valence-electron chi connectivity index (χ2n) is 44.4. The van der Waals surface area contributed by atoms with Crippen LogP contribution in [0.25, 0.3) is 0 Å². The highest BCUT2D eigenvalue weighted by molar-refractivity contribution is 5.95. The molecule has 0 amide bonds. The summed E-state index contributed by atoms with van der Waals surface area (Å²) in [5.74, 6) is -0.101. The minimum absolute atomic E-state index is 0.00177. The van der Waals surface area contributed by atoms with Crippen LogP contribution in [-0.4, -0.2) is 94.6 Å². The summed E-state index contributed by atoms with van der Waals surface area (Å²) >= 11 is 0. The van der Waals surface area contributed by atoms with E-state index in [1.54, 1.807) is 0 Å². The lowest BCUT2D eigenvalue weighted by Crippen LogP contribution is -2.60. The highest BCUT2D eigenvalue weighted by Gasteiger charge is 2.72. The average Bonchev–Trinajstić information content (AvgIpc) is 1.33. The molecule has 32 fully saturated rings. The third-order valence-corrected chi connectivity index (χ3v) is 40.6. The fraction of sp³-hybridized carbons (Fsp3) is 0.875. The van der Waals surface area contributed by atoms with Crippen LogP contribution in [0.4, 0.5) is 0 Å². The van der Waals surface area contributed by atoms with E-state index < -0.39 is 21.7 Å². The van der Waals surface area contributed by atoms with Crippen molar-refractivity contribution in [2.24, 2.45) is 185 Å². The van der Waals surface area contributed by atoms with Crippen LogP contribution in [0.3, 0.4) is 0 Å². The quantitative estimate of drug-likeness (QED) is 0.162. The summed E-state index contributed by atoms with van der Waals surface area (Å²) in [6.45, 7) is 26.4. The molecule has 0 spiro atoms. The molecule has 16 heterocycles. The minimum atomic E-state index is -0.674. The van der Waals surface area contributed by atoms with Gasteiger partial charge in [0.15, 0.2) is 0 Å². The summed E-state index contributed by atoms with van der Waals surface area (Å²) in [6.07, 6.45) is 19.8. The number of hydrogen-bond donors (Lipinski definition) is 0. The standard InChI is InChI=1S/C96H136O16/c1-49-13-25-81(105)109-57-29-33-90(6)53(37-57)42-74(98)86-66-22-18-62(94(66,10)78(102)46-70(86)90)51(3)15-27-83(107)111-59-31-35-92(8)55(39-59)44-76(100)88-68-24-20-64(96(68,12)80(104)48-72(88)92)52(4)16-28-84(108)112-60-32-36-91(7)56(40-60)43-75(99)87-67-23-19-63(95(67,11)79(103)47-71(87)91)50(2)14-26-82(106)110-58-30-34-89(5)54(38-58)41-73(97)85-65-21-17-61(49)93(65,9)77(101)45-69(85)89/h49-72,85-88H,13-48H2,1-12H3/t49-,50-,51-,52-,53+,54+,55+,56+,57-,58-,59-,60-,61-,62-,63-,64-,65+,66+,67+,68+,69+,70+,71+,72+,85+,86+,87+,88+,89+,90+,91+,92+,93-,94-,95-,96-/m1/s1. The first-order valence-electron chi connectivity index (χ1n) is 46.0. The van der Waals surface area contributed by atoms with Gasteiger partial charge in [-0.3, -0.25) is 57.5 Å². The number of Topliss-reactive ketones (excluding diaryl/α,β-unsaturated/α-hetero) is 8. The summed E-state index contributed by atoms with van der Waals surface area (Å²) in [5, 5.41) is 0. The molecule has 0 aromatic carbocycles. The Morgan fingerprint density at radius 3 is 0.616 bits per heavy atom. The van der Waals surface area contributed by atoms with Crippen molar-refractivity contribution in [2.75, 3.05) is 0 Å². The van der Waals surface area contributed by atoms with Crippen LogP contribution in [0.5, 0.6) is 0 Å². The van der Waals surface area contributed by atoms with E-state index in [1.807, 2.05) is 0 Å². The van der Waals surface area contributed by atoms with E-state index in [-0.39, 0.29) is 284 Å². The Labute approximate surface area is 667 Å². The summed E-state index contributed by atoms with van der Waals surface area (Å²) in [5.41, 5.74) is -3.70. The number of ether oxygens (including phenoxy) is 4. The van der Waals surface area contributed by atoms with Crippen molar-refractivity contribution in [1.82, 2.24) is 0 Å². The maximum atomic E-state index is 15.0. The lowest BCUT2D eigenvalue weighted by Gasteiger charge is -2.59. The topological polar surface area (TPSA) is 242 Å². The number of rotatable bonds is 0. The molecule has 0 N–H and O–H groups in total. The van der Waals surface area contributed by atoms with E-state index in [1.165, 1.54) is 0 Å². The molecule has 0 aromatic heterocycles. The molecule has 0 radical (unpaired) electrons. The zero-order valence-corrected chi connectivity index (χ0v) is 70.2. The monoisotopic (exact) mass is 1540 g/mol. The molecule has 0 unspecified atom stereocenters. The van der Waals surface area contributed by atoms with Gasteiger partial charge in [0.25, 0.3) is 0 Å². The molecular weight excluding hydrogens is 1410 g/mol. The first-order valence-corrected chi connectivity index (χ1v) is 46.0. The van der Waals surface area contributed by atoms with Crippen molar-refractivity contribution < 1.29 is 76.5 Å². The third-order valence-electron chi connectivity index (χ3n) is 40.6. The Bertz CT molecular complexity index is 3400. The number of carbonyl (C=O) groups excluding carboxylic acids is 12. The van der Waals surface area contributed by atoms with Crippen LogP contribution in [0.2, 0.25) is 0 Å². The molecule has 16 saturated carbocycles. The van der Waals surface area contributed by atoms with Gasteiger partial charge in [0, 0.05) is 122 Å². The van der Waals surface area contributed by atoms with Crippen LogP contribution in [0, 0.1) is 185 Å². The van der Waals surface area contributed by atoms with Gasteiger partial charge >= 0.3 is 23.9 Å². The molecule has 16 saturated heterocycles. The van der Waals surface area contributed by atoms with Crippen molar-refractivity contribution in [3.8, 4) is 0 Å². The van der Waals surface area contributed by atoms with Gasteiger partial charge in [0.1, 0.15) is 70.7 Å². The van der Waals surface area contributed by atoms with Gasteiger partial charge in [-0.15, -0.1) is 0 Å². The van der Waals surface area contributed by atoms with Gasteiger partial charge in [-0.1, -0.05) is 83.1 Å². The predicted octanol–water partition coefficient (Wildman–Crippen LogP) is 17.4. The van der Waals surface area contributed by atoms with Gasteiger partial charge in [0.05, 0.1) is 0 Å². The van der Waals surface area contributed by atoms with Crippen LogP contribution in [0.15, 0.2) is 0 Å². The molecule has 0 aromatic rings. The van der Waals surface area contributed by atoms with Crippen molar-refractivity contribution in [3.05, 3.63) is 0 Å². The zero-order valence-electron chi connectivity index (χ0n) is 70.2. The van der Waals surface area contributed by atoms with Crippen molar-refractivity contribution in [2.45, 2.75) is 339 Å². The molecule has 616 valence electrons. The molecule has 32 aliphatic rings. The Morgan fingerprint density at radius 1 is 0.232 bits per heavy atom. The van der Waals surface area contributed by atoms with Crippen LogP contribution >= 0.6 is 0 Å². The van der Waals surface area contributed by atoms with Crippen molar-refractivity contribution in [3.63, 3.8) is 0 Å². The van der Waals surface area contributed by atoms with E-state index in [2.05, 4.69) is 83.1 Å². The van der Waals surface area contributed by atoms with Crippen molar-refractivity contribution >= 4 is 70.1 Å². The average molecular weight is 1550 g/mol. The van der Waals surface area contributed by atoms with E-state index in [9.17, 15) is 38.4 Å². The Kier molecular flexibility index (Phi) is 20.3. The second-order valence-corrected chi connectivity index (χ2v) is 44.4. The van der Waals surface area contributed by atoms with Crippen LogP contribution in [0.1, 0.15) is 314 Å². The van der Waals surface area contributed by atoms with E-state index >= 15 is 19.2 Å². The number of esters is 4. The molecule has 36 atom stereocenters. The highest BCUT2D eigenvalue weighted by atomic mass is 16.6. The fourth-order valence-corrected chi connectivity index (χ4v) is 33.8. The third kappa shape index (κ3) is 12.1. The largest absolute Gasteiger partial charge is 0.462 e. The lowest BCUT2D eigenvalue weighted by atomic mass is 9.43. The second kappa shape index (κ2) is 28.5. The zero-order chi connectivity index (χ0) is 79.4.